The number of carbonyl (C=O) groups is 1. The number of benzene rings is 1. The van der Waals surface area contributed by atoms with E-state index in [1.54, 1.807) is 0 Å². The molecule has 1 aromatic carbocycles. The third-order valence-corrected chi connectivity index (χ3v) is 4.36. The van der Waals surface area contributed by atoms with Gasteiger partial charge >= 0.3 is 0 Å². The molecule has 0 saturated carbocycles. The number of carbonyl (C=O) groups excluding carboxylic acids is 1. The minimum Gasteiger partial charge on any atom is -0.326 e. The summed E-state index contributed by atoms with van der Waals surface area (Å²) in [4.78, 5) is 17.0. The van der Waals surface area contributed by atoms with Gasteiger partial charge in [-0.3, -0.25) is 4.79 Å². The molecule has 1 saturated heterocycles. The van der Waals surface area contributed by atoms with E-state index in [0.29, 0.717) is 6.42 Å². The molecule has 0 unspecified atom stereocenters. The molecular weight excluding hydrogens is 288 g/mol. The second-order valence-corrected chi connectivity index (χ2v) is 6.05. The van der Waals surface area contributed by atoms with Gasteiger partial charge in [0.15, 0.2) is 0 Å². The number of anilines is 1. The normalized spacial score (nSPS) is 16.4. The standard InChI is InChI=1S/C18H30N4O/c1-3-19-15-16-6-5-7-17(14-16)20-18(23)8-9-22-12-10-21(4-2)11-13-22/h5-7,14,19H,3-4,8-13,15H2,1-2H3,(H,20,23). The number of hydrogen-bond acceptors (Lipinski definition) is 4. The van der Waals surface area contributed by atoms with E-state index < -0.39 is 0 Å². The van der Waals surface area contributed by atoms with Crippen molar-refractivity contribution in [3.63, 3.8) is 0 Å². The van der Waals surface area contributed by atoms with Crippen LogP contribution in [0.3, 0.4) is 0 Å². The highest BCUT2D eigenvalue weighted by Crippen LogP contribution is 2.11. The van der Waals surface area contributed by atoms with Gasteiger partial charge in [0.25, 0.3) is 0 Å². The van der Waals surface area contributed by atoms with E-state index in [2.05, 4.69) is 40.3 Å². The van der Waals surface area contributed by atoms with Gasteiger partial charge in [0.1, 0.15) is 0 Å². The van der Waals surface area contributed by atoms with Crippen molar-refractivity contribution in [3.05, 3.63) is 29.8 Å². The third-order valence-electron chi connectivity index (χ3n) is 4.36. The Balaban J connectivity index is 1.72. The van der Waals surface area contributed by atoms with E-state index in [0.717, 1.165) is 58.0 Å². The lowest BCUT2D eigenvalue weighted by Gasteiger charge is -2.33. The molecule has 1 amide bonds. The molecule has 2 rings (SSSR count). The molecule has 5 heteroatoms. The van der Waals surface area contributed by atoms with Gasteiger partial charge in [0.2, 0.25) is 5.91 Å². The summed E-state index contributed by atoms with van der Waals surface area (Å²) in [5, 5.41) is 6.31. The van der Waals surface area contributed by atoms with Crippen molar-refractivity contribution < 1.29 is 4.79 Å². The predicted octanol–water partition coefficient (Wildman–Crippen LogP) is 1.76. The number of nitrogens with zero attached hydrogens (tertiary/aromatic N) is 2. The molecule has 0 aromatic heterocycles. The molecule has 0 atom stereocenters. The molecule has 0 aliphatic carbocycles. The van der Waals surface area contributed by atoms with Gasteiger partial charge in [-0.15, -0.1) is 0 Å². The maximum Gasteiger partial charge on any atom is 0.225 e. The quantitative estimate of drug-likeness (QED) is 0.767. The maximum atomic E-state index is 12.1. The van der Waals surface area contributed by atoms with E-state index in [1.807, 2.05) is 18.2 Å². The van der Waals surface area contributed by atoms with Crippen LogP contribution in [0.25, 0.3) is 0 Å². The van der Waals surface area contributed by atoms with E-state index >= 15 is 0 Å². The van der Waals surface area contributed by atoms with Crippen molar-refractivity contribution >= 4 is 11.6 Å². The fourth-order valence-electron chi connectivity index (χ4n) is 2.84. The summed E-state index contributed by atoms with van der Waals surface area (Å²) in [6.45, 7) is 12.4. The SMILES string of the molecule is CCNCc1cccc(NC(=O)CCN2CCN(CC)CC2)c1. The van der Waals surface area contributed by atoms with E-state index in [9.17, 15) is 4.79 Å². The van der Waals surface area contributed by atoms with Gasteiger partial charge in [0, 0.05) is 51.4 Å². The van der Waals surface area contributed by atoms with Crippen LogP contribution in [0.2, 0.25) is 0 Å². The van der Waals surface area contributed by atoms with Gasteiger partial charge in [-0.05, 0) is 30.8 Å². The molecule has 1 heterocycles. The lowest BCUT2D eigenvalue weighted by Crippen LogP contribution is -2.46. The molecule has 0 bridgehead atoms. The van der Waals surface area contributed by atoms with Crippen LogP contribution in [-0.4, -0.2) is 61.5 Å². The molecule has 128 valence electrons. The van der Waals surface area contributed by atoms with Gasteiger partial charge in [0.05, 0.1) is 0 Å². The average Bonchev–Trinajstić information content (AvgIpc) is 2.59. The van der Waals surface area contributed by atoms with Crippen LogP contribution in [-0.2, 0) is 11.3 Å². The first-order valence-corrected chi connectivity index (χ1v) is 8.75. The number of hydrogen-bond donors (Lipinski definition) is 2. The number of piperazine rings is 1. The first-order chi connectivity index (χ1) is 11.2. The van der Waals surface area contributed by atoms with Gasteiger partial charge in [-0.1, -0.05) is 26.0 Å². The average molecular weight is 318 g/mol. The van der Waals surface area contributed by atoms with Crippen molar-refractivity contribution in [1.82, 2.24) is 15.1 Å². The number of rotatable bonds is 8. The van der Waals surface area contributed by atoms with Crippen LogP contribution in [0.1, 0.15) is 25.8 Å². The van der Waals surface area contributed by atoms with Crippen molar-refractivity contribution in [2.75, 3.05) is 51.1 Å². The molecule has 2 N–H and O–H groups in total. The van der Waals surface area contributed by atoms with Crippen LogP contribution in [0.4, 0.5) is 5.69 Å². The molecule has 1 aliphatic rings. The monoisotopic (exact) mass is 318 g/mol. The lowest BCUT2D eigenvalue weighted by molar-refractivity contribution is -0.116. The van der Waals surface area contributed by atoms with Crippen molar-refractivity contribution in [2.24, 2.45) is 0 Å². The van der Waals surface area contributed by atoms with Crippen LogP contribution in [0, 0.1) is 0 Å². The van der Waals surface area contributed by atoms with Gasteiger partial charge in [-0.25, -0.2) is 0 Å². The number of nitrogens with one attached hydrogen (secondary N) is 2. The summed E-state index contributed by atoms with van der Waals surface area (Å²) in [5.74, 6) is 0.100. The summed E-state index contributed by atoms with van der Waals surface area (Å²) in [6, 6.07) is 8.06. The zero-order valence-electron chi connectivity index (χ0n) is 14.5. The maximum absolute atomic E-state index is 12.1. The Morgan fingerprint density at radius 1 is 1.13 bits per heavy atom. The smallest absolute Gasteiger partial charge is 0.225 e. The van der Waals surface area contributed by atoms with Crippen LogP contribution in [0.15, 0.2) is 24.3 Å². The van der Waals surface area contributed by atoms with Crippen LogP contribution >= 0.6 is 0 Å². The van der Waals surface area contributed by atoms with E-state index in [4.69, 9.17) is 0 Å². The summed E-state index contributed by atoms with van der Waals surface area (Å²) >= 11 is 0. The minimum atomic E-state index is 0.100. The molecule has 1 fully saturated rings. The highest BCUT2D eigenvalue weighted by atomic mass is 16.1. The highest BCUT2D eigenvalue weighted by molar-refractivity contribution is 5.90. The first-order valence-electron chi connectivity index (χ1n) is 8.75. The predicted molar refractivity (Wildman–Crippen MR) is 95.6 cm³/mol. The Hall–Kier alpha value is -1.43. The molecule has 1 aromatic rings. The van der Waals surface area contributed by atoms with E-state index in [1.165, 1.54) is 5.56 Å². The molecule has 0 radical (unpaired) electrons. The number of amides is 1. The summed E-state index contributed by atoms with van der Waals surface area (Å²) < 4.78 is 0. The lowest BCUT2D eigenvalue weighted by atomic mass is 10.2. The van der Waals surface area contributed by atoms with Crippen molar-refractivity contribution in [2.45, 2.75) is 26.8 Å². The molecule has 23 heavy (non-hydrogen) atoms. The van der Waals surface area contributed by atoms with E-state index in [-0.39, 0.29) is 5.91 Å². The summed E-state index contributed by atoms with van der Waals surface area (Å²) in [6.07, 6.45) is 0.559. The highest BCUT2D eigenvalue weighted by Gasteiger charge is 2.16. The Morgan fingerprint density at radius 2 is 1.87 bits per heavy atom. The second kappa shape index (κ2) is 9.65. The Bertz CT molecular complexity index is 484. The van der Waals surface area contributed by atoms with Gasteiger partial charge in [-0.2, -0.15) is 0 Å². The zero-order valence-corrected chi connectivity index (χ0v) is 14.5. The second-order valence-electron chi connectivity index (χ2n) is 6.05. The molecule has 5 nitrogen and oxygen atoms in total. The van der Waals surface area contributed by atoms with Gasteiger partial charge < -0.3 is 20.4 Å². The topological polar surface area (TPSA) is 47.6 Å². The Kier molecular flexibility index (Phi) is 7.52. The minimum absolute atomic E-state index is 0.100. The third kappa shape index (κ3) is 6.29. The Morgan fingerprint density at radius 3 is 2.57 bits per heavy atom. The molecule has 1 aliphatic heterocycles. The fraction of sp³-hybridized carbons (Fsp3) is 0.611. The molecule has 0 spiro atoms. The van der Waals surface area contributed by atoms with Crippen molar-refractivity contribution in [3.8, 4) is 0 Å². The van der Waals surface area contributed by atoms with Crippen molar-refractivity contribution in [1.29, 1.82) is 0 Å². The first kappa shape index (κ1) is 17.9. The molecular formula is C18H30N4O. The zero-order chi connectivity index (χ0) is 16.5. The summed E-state index contributed by atoms with van der Waals surface area (Å²) in [5.41, 5.74) is 2.08. The largest absolute Gasteiger partial charge is 0.326 e. The Labute approximate surface area is 140 Å². The summed E-state index contributed by atoms with van der Waals surface area (Å²) in [7, 11) is 0. The fourth-order valence-corrected chi connectivity index (χ4v) is 2.84. The van der Waals surface area contributed by atoms with Crippen LogP contribution < -0.4 is 10.6 Å². The van der Waals surface area contributed by atoms with Crippen LogP contribution in [0.5, 0.6) is 0 Å². The number of likely N-dealkylation sites (N-methyl/N-ethyl adjacent to an activating group) is 1.